The van der Waals surface area contributed by atoms with E-state index in [0.717, 1.165) is 23.3 Å². The Bertz CT molecular complexity index is 706. The number of nitrogens with one attached hydrogen (secondary N) is 1. The molecule has 102 valence electrons. The first-order chi connectivity index (χ1) is 9.83. The second-order valence-corrected chi connectivity index (χ2v) is 5.25. The SMILES string of the molecule is O=C(NCCCc1cnc2ncnn2c1)c1cccs1. The van der Waals surface area contributed by atoms with E-state index in [0.29, 0.717) is 12.3 Å². The fourth-order valence-corrected chi connectivity index (χ4v) is 2.52. The van der Waals surface area contributed by atoms with E-state index in [-0.39, 0.29) is 5.91 Å². The smallest absolute Gasteiger partial charge is 0.261 e. The van der Waals surface area contributed by atoms with Crippen molar-refractivity contribution in [3.8, 4) is 0 Å². The van der Waals surface area contributed by atoms with Crippen LogP contribution in [0.3, 0.4) is 0 Å². The van der Waals surface area contributed by atoms with Crippen molar-refractivity contribution in [2.24, 2.45) is 0 Å². The lowest BCUT2D eigenvalue weighted by Crippen LogP contribution is -2.23. The van der Waals surface area contributed by atoms with Crippen LogP contribution >= 0.6 is 11.3 Å². The molecule has 0 saturated heterocycles. The average molecular weight is 287 g/mol. The number of aryl methyl sites for hydroxylation is 1. The summed E-state index contributed by atoms with van der Waals surface area (Å²) in [5, 5.41) is 8.84. The summed E-state index contributed by atoms with van der Waals surface area (Å²) in [5.41, 5.74) is 1.08. The number of hydrogen-bond donors (Lipinski definition) is 1. The summed E-state index contributed by atoms with van der Waals surface area (Å²) in [7, 11) is 0. The third-order valence-electron chi connectivity index (χ3n) is 2.86. The van der Waals surface area contributed by atoms with Crippen LogP contribution in [-0.2, 0) is 6.42 Å². The van der Waals surface area contributed by atoms with E-state index in [1.54, 1.807) is 10.7 Å². The standard InChI is InChI=1S/C13H13N5OS/c19-12(11-4-2-6-20-11)14-5-1-3-10-7-15-13-16-9-17-18(13)8-10/h2,4,6-9H,1,3,5H2,(H,14,19). The number of amides is 1. The van der Waals surface area contributed by atoms with Crippen LogP contribution in [0.15, 0.2) is 36.2 Å². The Hall–Kier alpha value is -2.28. The van der Waals surface area contributed by atoms with Crippen molar-refractivity contribution >= 4 is 23.0 Å². The number of fused-ring (bicyclic) bond motifs is 1. The minimum atomic E-state index is -0.00940. The Kier molecular flexibility index (Phi) is 3.69. The van der Waals surface area contributed by atoms with Crippen LogP contribution in [0, 0.1) is 0 Å². The molecule has 3 aromatic rings. The Morgan fingerprint density at radius 2 is 2.35 bits per heavy atom. The van der Waals surface area contributed by atoms with Crippen molar-refractivity contribution < 1.29 is 4.79 Å². The van der Waals surface area contributed by atoms with Crippen LogP contribution in [0.25, 0.3) is 5.78 Å². The van der Waals surface area contributed by atoms with E-state index >= 15 is 0 Å². The maximum Gasteiger partial charge on any atom is 0.261 e. The van der Waals surface area contributed by atoms with Gasteiger partial charge in [0.2, 0.25) is 0 Å². The summed E-state index contributed by atoms with van der Waals surface area (Å²) in [6.07, 6.45) is 6.89. The van der Waals surface area contributed by atoms with Gasteiger partial charge in [-0.3, -0.25) is 4.79 Å². The third-order valence-corrected chi connectivity index (χ3v) is 3.73. The molecule has 0 spiro atoms. The fourth-order valence-electron chi connectivity index (χ4n) is 1.88. The normalized spacial score (nSPS) is 10.8. The van der Waals surface area contributed by atoms with Gasteiger partial charge in [0.05, 0.1) is 4.88 Å². The minimum absolute atomic E-state index is 0.00940. The lowest BCUT2D eigenvalue weighted by Gasteiger charge is -2.04. The van der Waals surface area contributed by atoms with E-state index < -0.39 is 0 Å². The molecule has 3 heterocycles. The maximum atomic E-state index is 11.7. The van der Waals surface area contributed by atoms with E-state index in [9.17, 15) is 4.79 Å². The highest BCUT2D eigenvalue weighted by Crippen LogP contribution is 2.08. The van der Waals surface area contributed by atoms with Gasteiger partial charge >= 0.3 is 0 Å². The van der Waals surface area contributed by atoms with E-state index in [2.05, 4.69) is 20.4 Å². The zero-order chi connectivity index (χ0) is 13.8. The van der Waals surface area contributed by atoms with Gasteiger partial charge in [0, 0.05) is 18.9 Å². The first-order valence-corrected chi connectivity index (χ1v) is 7.17. The van der Waals surface area contributed by atoms with Crippen LogP contribution in [-0.4, -0.2) is 32.0 Å². The molecule has 3 rings (SSSR count). The molecule has 0 aliphatic carbocycles. The highest BCUT2D eigenvalue weighted by atomic mass is 32.1. The van der Waals surface area contributed by atoms with Gasteiger partial charge in [-0.1, -0.05) is 6.07 Å². The van der Waals surface area contributed by atoms with Gasteiger partial charge in [-0.15, -0.1) is 11.3 Å². The van der Waals surface area contributed by atoms with Crippen molar-refractivity contribution in [3.05, 3.63) is 46.7 Å². The summed E-state index contributed by atoms with van der Waals surface area (Å²) in [4.78, 5) is 20.7. The quantitative estimate of drug-likeness (QED) is 0.723. The lowest BCUT2D eigenvalue weighted by molar-refractivity contribution is 0.0957. The van der Waals surface area contributed by atoms with Crippen molar-refractivity contribution in [3.63, 3.8) is 0 Å². The Morgan fingerprint density at radius 3 is 3.20 bits per heavy atom. The summed E-state index contributed by atoms with van der Waals surface area (Å²) < 4.78 is 1.65. The number of aromatic nitrogens is 4. The van der Waals surface area contributed by atoms with E-state index in [4.69, 9.17) is 0 Å². The summed E-state index contributed by atoms with van der Waals surface area (Å²) >= 11 is 1.45. The first-order valence-electron chi connectivity index (χ1n) is 6.29. The van der Waals surface area contributed by atoms with Crippen molar-refractivity contribution in [1.29, 1.82) is 0 Å². The number of nitrogens with zero attached hydrogens (tertiary/aromatic N) is 4. The molecular weight excluding hydrogens is 274 g/mol. The van der Waals surface area contributed by atoms with Gasteiger partial charge in [0.1, 0.15) is 6.33 Å². The zero-order valence-electron chi connectivity index (χ0n) is 10.7. The minimum Gasteiger partial charge on any atom is -0.351 e. The molecule has 7 heteroatoms. The van der Waals surface area contributed by atoms with Gasteiger partial charge in [0.15, 0.2) is 0 Å². The molecule has 20 heavy (non-hydrogen) atoms. The summed E-state index contributed by atoms with van der Waals surface area (Å²) in [6.45, 7) is 0.645. The van der Waals surface area contributed by atoms with Crippen LogP contribution in [0.2, 0.25) is 0 Å². The van der Waals surface area contributed by atoms with Gasteiger partial charge in [-0.2, -0.15) is 10.1 Å². The number of rotatable bonds is 5. The van der Waals surface area contributed by atoms with Crippen molar-refractivity contribution in [1.82, 2.24) is 24.9 Å². The second-order valence-electron chi connectivity index (χ2n) is 4.30. The predicted octanol–water partition coefficient (Wildman–Crippen LogP) is 1.55. The largest absolute Gasteiger partial charge is 0.351 e. The van der Waals surface area contributed by atoms with Crippen LogP contribution in [0.5, 0.6) is 0 Å². The first kappa shape index (κ1) is 12.7. The Balaban J connectivity index is 1.49. The molecule has 0 saturated carbocycles. The van der Waals surface area contributed by atoms with E-state index in [1.165, 1.54) is 17.7 Å². The number of thiophene rings is 1. The zero-order valence-corrected chi connectivity index (χ0v) is 11.5. The van der Waals surface area contributed by atoms with Gasteiger partial charge < -0.3 is 5.32 Å². The van der Waals surface area contributed by atoms with Gasteiger partial charge in [0.25, 0.3) is 11.7 Å². The van der Waals surface area contributed by atoms with E-state index in [1.807, 2.05) is 23.7 Å². The predicted molar refractivity (Wildman–Crippen MR) is 75.8 cm³/mol. The molecule has 0 aromatic carbocycles. The highest BCUT2D eigenvalue weighted by molar-refractivity contribution is 7.12. The average Bonchev–Trinajstić information content (AvgIpc) is 3.13. The molecule has 0 radical (unpaired) electrons. The maximum absolute atomic E-state index is 11.7. The van der Waals surface area contributed by atoms with Crippen molar-refractivity contribution in [2.75, 3.05) is 6.54 Å². The van der Waals surface area contributed by atoms with Gasteiger partial charge in [-0.05, 0) is 29.9 Å². The Labute approximate surface area is 119 Å². The molecule has 1 amide bonds. The van der Waals surface area contributed by atoms with Crippen LogP contribution in [0.4, 0.5) is 0 Å². The monoisotopic (exact) mass is 287 g/mol. The second kappa shape index (κ2) is 5.79. The molecule has 0 atom stereocenters. The number of carbonyl (C=O) groups is 1. The molecule has 0 unspecified atom stereocenters. The molecular formula is C13H13N5OS. The number of carbonyl (C=O) groups excluding carboxylic acids is 1. The molecule has 0 aliphatic heterocycles. The van der Waals surface area contributed by atoms with Gasteiger partial charge in [-0.25, -0.2) is 9.50 Å². The fraction of sp³-hybridized carbons (Fsp3) is 0.231. The van der Waals surface area contributed by atoms with Crippen LogP contribution in [0.1, 0.15) is 21.7 Å². The molecule has 6 nitrogen and oxygen atoms in total. The highest BCUT2D eigenvalue weighted by Gasteiger charge is 2.05. The summed E-state index contributed by atoms with van der Waals surface area (Å²) in [5.74, 6) is 0.588. The lowest BCUT2D eigenvalue weighted by atomic mass is 10.2. The Morgan fingerprint density at radius 1 is 1.40 bits per heavy atom. The molecule has 0 bridgehead atoms. The topological polar surface area (TPSA) is 72.2 Å². The molecule has 1 N–H and O–H groups in total. The van der Waals surface area contributed by atoms with Crippen molar-refractivity contribution in [2.45, 2.75) is 12.8 Å². The summed E-state index contributed by atoms with van der Waals surface area (Å²) in [6, 6.07) is 3.70. The molecule has 0 aliphatic rings. The third kappa shape index (κ3) is 2.83. The molecule has 0 fully saturated rings. The van der Waals surface area contributed by atoms with Crippen LogP contribution < -0.4 is 5.32 Å². The number of hydrogen-bond acceptors (Lipinski definition) is 5. The molecule has 3 aromatic heterocycles.